The number of benzene rings is 1. The minimum absolute atomic E-state index is 0.100. The summed E-state index contributed by atoms with van der Waals surface area (Å²) in [6.07, 6.45) is 3.25. The average Bonchev–Trinajstić information content (AvgIpc) is 2.90. The van der Waals surface area contributed by atoms with Crippen molar-refractivity contribution in [1.82, 2.24) is 10.2 Å². The first-order chi connectivity index (χ1) is 11.5. The Labute approximate surface area is 152 Å². The van der Waals surface area contributed by atoms with Crippen LogP contribution in [0.2, 0.25) is 0 Å². The molecule has 0 unspecified atom stereocenters. The number of rotatable bonds is 3. The van der Waals surface area contributed by atoms with Crippen LogP contribution in [0.1, 0.15) is 12.1 Å². The topological polar surface area (TPSA) is 78.4 Å². The van der Waals surface area contributed by atoms with Gasteiger partial charge in [-0.15, -0.1) is 0 Å². The molecule has 3 rings (SSSR count). The molecular weight excluding hydrogens is 396 g/mol. The molecule has 1 aromatic carbocycles. The van der Waals surface area contributed by atoms with Gasteiger partial charge in [-0.3, -0.25) is 5.10 Å². The van der Waals surface area contributed by atoms with Gasteiger partial charge in [-0.25, -0.2) is 0 Å². The number of hydrogen-bond donors (Lipinski definition) is 3. The monoisotopic (exact) mass is 408 g/mol. The van der Waals surface area contributed by atoms with Crippen LogP contribution in [0, 0.1) is 0 Å². The van der Waals surface area contributed by atoms with Crippen LogP contribution < -0.4 is 4.74 Å². The minimum atomic E-state index is -0.152. The summed E-state index contributed by atoms with van der Waals surface area (Å²) >= 11 is 9.42. The maximum atomic E-state index is 10.3. The smallest absolute Gasteiger partial charge is 0.134 e. The summed E-state index contributed by atoms with van der Waals surface area (Å²) in [7, 11) is 1.61. The third-order valence-electron chi connectivity index (χ3n) is 3.67. The van der Waals surface area contributed by atoms with Crippen molar-refractivity contribution in [3.05, 3.63) is 63.3 Å². The van der Waals surface area contributed by atoms with Crippen molar-refractivity contribution in [1.29, 1.82) is 0 Å². The summed E-state index contributed by atoms with van der Waals surface area (Å²) < 4.78 is 5.86. The number of aliphatic hydroxyl groups is 2. The van der Waals surface area contributed by atoms with E-state index in [9.17, 15) is 10.2 Å². The van der Waals surface area contributed by atoms with Crippen LogP contribution in [0.4, 0.5) is 0 Å². The van der Waals surface area contributed by atoms with Crippen LogP contribution in [0.25, 0.3) is 16.7 Å². The second-order valence-electron chi connectivity index (χ2n) is 5.13. The molecule has 124 valence electrons. The highest BCUT2D eigenvalue weighted by Gasteiger charge is 2.21. The molecule has 1 aromatic heterocycles. The van der Waals surface area contributed by atoms with Gasteiger partial charge in [0.15, 0.2) is 0 Å². The lowest BCUT2D eigenvalue weighted by Crippen LogP contribution is -1.93. The number of aromatic nitrogens is 2. The van der Waals surface area contributed by atoms with Gasteiger partial charge in [0.05, 0.1) is 12.1 Å². The van der Waals surface area contributed by atoms with E-state index < -0.39 is 0 Å². The van der Waals surface area contributed by atoms with Crippen LogP contribution in [-0.2, 0) is 0 Å². The number of nitrogens with zero attached hydrogens (tertiary/aromatic N) is 1. The number of halogens is 2. The summed E-state index contributed by atoms with van der Waals surface area (Å²) in [5.41, 5.74) is 2.74. The number of aliphatic hydroxyl groups excluding tert-OH is 2. The quantitative estimate of drug-likeness (QED) is 0.660. The fraction of sp³-hybridized carbons (Fsp3) is 0.118. The third kappa shape index (κ3) is 3.07. The van der Waals surface area contributed by atoms with Gasteiger partial charge in [-0.1, -0.05) is 29.8 Å². The first-order valence-corrected chi connectivity index (χ1v) is 8.25. The zero-order valence-corrected chi connectivity index (χ0v) is 15.0. The molecule has 0 fully saturated rings. The molecular formula is C17H14BrClN2O3. The van der Waals surface area contributed by atoms with E-state index >= 15 is 0 Å². The lowest BCUT2D eigenvalue weighted by molar-refractivity contribution is 0.406. The second kappa shape index (κ2) is 6.75. The zero-order chi connectivity index (χ0) is 17.3. The predicted molar refractivity (Wildman–Crippen MR) is 97.1 cm³/mol. The van der Waals surface area contributed by atoms with Crippen molar-refractivity contribution in [2.75, 3.05) is 7.11 Å². The fourth-order valence-corrected chi connectivity index (χ4v) is 3.08. The summed E-state index contributed by atoms with van der Waals surface area (Å²) in [5, 5.41) is 27.5. The number of allylic oxidation sites excluding steroid dienone is 4. The Bertz CT molecular complexity index is 866. The van der Waals surface area contributed by atoms with Gasteiger partial charge < -0.3 is 14.9 Å². The number of ether oxygens (including phenoxy) is 1. The average molecular weight is 410 g/mol. The van der Waals surface area contributed by atoms with E-state index in [0.717, 1.165) is 16.9 Å². The summed E-state index contributed by atoms with van der Waals surface area (Å²) in [6.45, 7) is 0. The molecule has 0 saturated heterocycles. The Kier molecular flexibility index (Phi) is 4.69. The zero-order valence-electron chi connectivity index (χ0n) is 12.7. The van der Waals surface area contributed by atoms with E-state index in [-0.39, 0.29) is 16.6 Å². The van der Waals surface area contributed by atoms with Crippen LogP contribution in [0.5, 0.6) is 5.75 Å². The van der Waals surface area contributed by atoms with Crippen molar-refractivity contribution in [2.45, 2.75) is 6.42 Å². The lowest BCUT2D eigenvalue weighted by Gasteiger charge is -2.08. The van der Waals surface area contributed by atoms with E-state index in [1.807, 2.05) is 24.3 Å². The van der Waals surface area contributed by atoms with Gasteiger partial charge in [0.25, 0.3) is 0 Å². The third-order valence-corrected chi connectivity index (χ3v) is 4.59. The molecule has 0 saturated carbocycles. The summed E-state index contributed by atoms with van der Waals surface area (Å²) in [5.74, 6) is 0.496. The van der Waals surface area contributed by atoms with Crippen LogP contribution in [-0.4, -0.2) is 27.5 Å². The molecule has 3 N–H and O–H groups in total. The maximum absolute atomic E-state index is 10.3. The molecule has 0 radical (unpaired) electrons. The molecule has 0 atom stereocenters. The molecule has 1 aliphatic rings. The Morgan fingerprint density at radius 1 is 1.25 bits per heavy atom. The standard InChI is InChI=1S/C17H14BrClN2O3/c1-24-10-4-2-9(3-5-10)15-16(20-21-17(15)18)11-6-7-12(19)14(23)8-13(11)22/h2-6,8,22-23H,7H2,1H3,(H,20,21). The summed E-state index contributed by atoms with van der Waals surface area (Å²) in [4.78, 5) is 0. The summed E-state index contributed by atoms with van der Waals surface area (Å²) in [6, 6.07) is 7.50. The Morgan fingerprint density at radius 2 is 1.96 bits per heavy atom. The molecule has 0 aliphatic heterocycles. The molecule has 1 aliphatic carbocycles. The number of hydrogen-bond acceptors (Lipinski definition) is 4. The predicted octanol–water partition coefficient (Wildman–Crippen LogP) is 5.09. The van der Waals surface area contributed by atoms with Gasteiger partial charge in [0.1, 0.15) is 27.6 Å². The van der Waals surface area contributed by atoms with Crippen molar-refractivity contribution < 1.29 is 14.9 Å². The van der Waals surface area contributed by atoms with Crippen molar-refractivity contribution >= 4 is 33.1 Å². The Hall–Kier alpha value is -2.18. The van der Waals surface area contributed by atoms with Crippen LogP contribution >= 0.6 is 27.5 Å². The molecule has 2 aromatic rings. The van der Waals surface area contributed by atoms with E-state index in [1.54, 1.807) is 13.2 Å². The minimum Gasteiger partial charge on any atom is -0.507 e. The SMILES string of the molecule is COc1ccc(-c2c(C3=CCC(Cl)=C(O)C=C3O)n[nH]c2Br)cc1. The molecule has 1 heterocycles. The molecule has 5 nitrogen and oxygen atoms in total. The normalized spacial score (nSPS) is 15.0. The van der Waals surface area contributed by atoms with Crippen molar-refractivity contribution in [2.24, 2.45) is 0 Å². The molecule has 0 bridgehead atoms. The molecule has 0 spiro atoms. The fourth-order valence-electron chi connectivity index (χ4n) is 2.44. The number of methoxy groups -OCH3 is 1. The molecule has 0 amide bonds. The number of aromatic amines is 1. The van der Waals surface area contributed by atoms with Crippen LogP contribution in [0.15, 0.2) is 57.6 Å². The van der Waals surface area contributed by atoms with Crippen molar-refractivity contribution in [3.63, 3.8) is 0 Å². The van der Waals surface area contributed by atoms with Gasteiger partial charge in [0, 0.05) is 23.6 Å². The first kappa shape index (κ1) is 16.7. The van der Waals surface area contributed by atoms with E-state index in [4.69, 9.17) is 16.3 Å². The van der Waals surface area contributed by atoms with E-state index in [1.165, 1.54) is 6.08 Å². The second-order valence-corrected chi connectivity index (χ2v) is 6.38. The number of nitrogens with one attached hydrogen (secondary N) is 1. The van der Waals surface area contributed by atoms with E-state index in [2.05, 4.69) is 26.1 Å². The largest absolute Gasteiger partial charge is 0.507 e. The Balaban J connectivity index is 2.09. The highest BCUT2D eigenvalue weighted by Crippen LogP contribution is 2.38. The van der Waals surface area contributed by atoms with Gasteiger partial charge in [-0.05, 0) is 33.6 Å². The number of H-pyrrole nitrogens is 1. The Morgan fingerprint density at radius 3 is 2.62 bits per heavy atom. The highest BCUT2D eigenvalue weighted by molar-refractivity contribution is 9.10. The van der Waals surface area contributed by atoms with Crippen molar-refractivity contribution in [3.8, 4) is 16.9 Å². The molecule has 24 heavy (non-hydrogen) atoms. The maximum Gasteiger partial charge on any atom is 0.134 e. The van der Waals surface area contributed by atoms with E-state index in [0.29, 0.717) is 22.3 Å². The van der Waals surface area contributed by atoms with Gasteiger partial charge in [0.2, 0.25) is 0 Å². The van der Waals surface area contributed by atoms with Gasteiger partial charge in [-0.2, -0.15) is 5.10 Å². The van der Waals surface area contributed by atoms with Gasteiger partial charge >= 0.3 is 0 Å². The lowest BCUT2D eigenvalue weighted by atomic mass is 10.00. The highest BCUT2D eigenvalue weighted by atomic mass is 79.9. The molecule has 7 heteroatoms. The first-order valence-electron chi connectivity index (χ1n) is 7.08. The van der Waals surface area contributed by atoms with Crippen LogP contribution in [0.3, 0.4) is 0 Å².